The molecule has 1 heterocycles. The summed E-state index contributed by atoms with van der Waals surface area (Å²) in [5, 5.41) is 4.38. The molecule has 3 nitrogen and oxygen atoms in total. The fourth-order valence-corrected chi connectivity index (χ4v) is 2.44. The normalized spacial score (nSPS) is 10.4. The highest BCUT2D eigenvalue weighted by molar-refractivity contribution is 6.36. The highest BCUT2D eigenvalue weighted by Crippen LogP contribution is 2.34. The Morgan fingerprint density at radius 3 is 2.50 bits per heavy atom. The van der Waals surface area contributed by atoms with Crippen molar-refractivity contribution >= 4 is 40.6 Å². The number of pyridine rings is 1. The number of halogens is 3. The van der Waals surface area contributed by atoms with E-state index in [4.69, 9.17) is 39.5 Å². The molecule has 20 heavy (non-hydrogen) atoms. The minimum Gasteiger partial charge on any atom is -0.437 e. The van der Waals surface area contributed by atoms with E-state index in [1.807, 2.05) is 13.0 Å². The number of ether oxygens (including phenoxy) is 1. The van der Waals surface area contributed by atoms with Crippen LogP contribution in [-0.2, 0) is 6.42 Å². The lowest BCUT2D eigenvalue weighted by molar-refractivity contribution is 0.463. The van der Waals surface area contributed by atoms with Crippen molar-refractivity contribution in [2.45, 2.75) is 13.3 Å². The maximum absolute atomic E-state index is 6.09. The minimum absolute atomic E-state index is 0.296. The number of benzene rings is 1. The third-order valence-electron chi connectivity index (χ3n) is 2.75. The summed E-state index contributed by atoms with van der Waals surface area (Å²) in [7, 11) is 1.73. The molecule has 106 valence electrons. The number of aryl methyl sites for hydroxylation is 1. The van der Waals surface area contributed by atoms with E-state index in [1.54, 1.807) is 25.2 Å². The molecule has 0 bridgehead atoms. The fraction of sp³-hybridized carbons (Fsp3) is 0.214. The number of anilines is 1. The van der Waals surface area contributed by atoms with Crippen LogP contribution in [0.2, 0.25) is 15.1 Å². The Kier molecular flexibility index (Phi) is 4.97. The molecule has 1 aromatic carbocycles. The summed E-state index contributed by atoms with van der Waals surface area (Å²) in [5.74, 6) is 1.44. The van der Waals surface area contributed by atoms with Gasteiger partial charge >= 0.3 is 0 Å². The van der Waals surface area contributed by atoms with Gasteiger partial charge in [0.15, 0.2) is 0 Å². The van der Waals surface area contributed by atoms with Crippen LogP contribution in [0.3, 0.4) is 0 Å². The van der Waals surface area contributed by atoms with Crippen LogP contribution in [0.15, 0.2) is 24.3 Å². The average Bonchev–Trinajstić information content (AvgIpc) is 2.43. The highest BCUT2D eigenvalue weighted by Gasteiger charge is 2.11. The Labute approximate surface area is 132 Å². The number of rotatable bonds is 4. The van der Waals surface area contributed by atoms with Gasteiger partial charge in [-0.15, -0.1) is 0 Å². The van der Waals surface area contributed by atoms with Crippen molar-refractivity contribution in [3.8, 4) is 11.6 Å². The number of hydrogen-bond donors (Lipinski definition) is 1. The molecule has 0 amide bonds. The van der Waals surface area contributed by atoms with Gasteiger partial charge in [-0.25, -0.2) is 0 Å². The number of hydrogen-bond acceptors (Lipinski definition) is 3. The van der Waals surface area contributed by atoms with Crippen LogP contribution in [-0.4, -0.2) is 12.0 Å². The molecule has 0 saturated heterocycles. The Morgan fingerprint density at radius 1 is 1.10 bits per heavy atom. The van der Waals surface area contributed by atoms with E-state index in [0.717, 1.165) is 12.0 Å². The van der Waals surface area contributed by atoms with Crippen molar-refractivity contribution in [1.82, 2.24) is 4.98 Å². The lowest BCUT2D eigenvalue weighted by Crippen LogP contribution is -1.97. The summed E-state index contributed by atoms with van der Waals surface area (Å²) >= 11 is 18.2. The zero-order valence-electron chi connectivity index (χ0n) is 11.0. The van der Waals surface area contributed by atoms with Gasteiger partial charge in [0.2, 0.25) is 5.88 Å². The molecule has 1 N–H and O–H groups in total. The first kappa shape index (κ1) is 15.2. The summed E-state index contributed by atoms with van der Waals surface area (Å²) < 4.78 is 5.70. The summed E-state index contributed by atoms with van der Waals surface area (Å²) in [6.45, 7) is 2.03. The Hall–Kier alpha value is -1.16. The standard InChI is InChI=1S/C14H13Cl3N2O/c1-3-8-6-9(4-5-10(8)15)20-14-12(17)7-11(16)13(18-2)19-14/h4-7H,3H2,1-2H3,(H,18,19). The molecular weight excluding hydrogens is 319 g/mol. The lowest BCUT2D eigenvalue weighted by atomic mass is 10.1. The van der Waals surface area contributed by atoms with E-state index in [9.17, 15) is 0 Å². The molecule has 0 aliphatic carbocycles. The maximum Gasteiger partial charge on any atom is 0.240 e. The van der Waals surface area contributed by atoms with Crippen LogP contribution in [0.4, 0.5) is 5.82 Å². The maximum atomic E-state index is 6.09. The van der Waals surface area contributed by atoms with E-state index in [2.05, 4.69) is 10.3 Å². The predicted molar refractivity (Wildman–Crippen MR) is 84.7 cm³/mol. The first-order chi connectivity index (χ1) is 9.55. The molecule has 0 aliphatic rings. The van der Waals surface area contributed by atoms with Crippen LogP contribution < -0.4 is 10.1 Å². The van der Waals surface area contributed by atoms with Crippen LogP contribution in [0.25, 0.3) is 0 Å². The van der Waals surface area contributed by atoms with Gasteiger partial charge in [0.25, 0.3) is 0 Å². The zero-order valence-corrected chi connectivity index (χ0v) is 13.3. The smallest absolute Gasteiger partial charge is 0.240 e. The molecule has 2 aromatic rings. The Morgan fingerprint density at radius 2 is 1.85 bits per heavy atom. The highest BCUT2D eigenvalue weighted by atomic mass is 35.5. The Bertz CT molecular complexity index is 632. The SMILES string of the molecule is CCc1cc(Oc2nc(NC)c(Cl)cc2Cl)ccc1Cl. The molecular formula is C14H13Cl3N2O. The van der Waals surface area contributed by atoms with Crippen LogP contribution in [0.1, 0.15) is 12.5 Å². The van der Waals surface area contributed by atoms with Gasteiger partial charge < -0.3 is 10.1 Å². The van der Waals surface area contributed by atoms with Gasteiger partial charge in [0, 0.05) is 12.1 Å². The molecule has 1 aromatic heterocycles. The molecule has 0 radical (unpaired) electrons. The minimum atomic E-state index is 0.296. The van der Waals surface area contributed by atoms with E-state index in [1.165, 1.54) is 0 Å². The molecule has 0 saturated carbocycles. The first-order valence-electron chi connectivity index (χ1n) is 6.05. The largest absolute Gasteiger partial charge is 0.437 e. The number of aromatic nitrogens is 1. The van der Waals surface area contributed by atoms with Gasteiger partial charge in [0.1, 0.15) is 16.6 Å². The predicted octanol–water partition coefficient (Wildman–Crippen LogP) is 5.44. The van der Waals surface area contributed by atoms with E-state index in [-0.39, 0.29) is 0 Å². The van der Waals surface area contributed by atoms with E-state index in [0.29, 0.717) is 32.5 Å². The molecule has 6 heteroatoms. The quantitative estimate of drug-likeness (QED) is 0.810. The average molecular weight is 332 g/mol. The van der Waals surface area contributed by atoms with Crippen molar-refractivity contribution in [2.24, 2.45) is 0 Å². The third kappa shape index (κ3) is 3.29. The second kappa shape index (κ2) is 6.53. The Balaban J connectivity index is 2.34. The molecule has 0 spiro atoms. The van der Waals surface area contributed by atoms with Gasteiger partial charge in [-0.1, -0.05) is 41.7 Å². The van der Waals surface area contributed by atoms with Gasteiger partial charge in [-0.2, -0.15) is 4.98 Å². The first-order valence-corrected chi connectivity index (χ1v) is 7.18. The summed E-state index contributed by atoms with van der Waals surface area (Å²) in [4.78, 5) is 4.23. The van der Waals surface area contributed by atoms with Crippen molar-refractivity contribution < 1.29 is 4.74 Å². The van der Waals surface area contributed by atoms with E-state index >= 15 is 0 Å². The van der Waals surface area contributed by atoms with Crippen molar-refractivity contribution in [1.29, 1.82) is 0 Å². The monoisotopic (exact) mass is 330 g/mol. The van der Waals surface area contributed by atoms with E-state index < -0.39 is 0 Å². The second-order valence-electron chi connectivity index (χ2n) is 4.06. The van der Waals surface area contributed by atoms with Crippen LogP contribution in [0.5, 0.6) is 11.6 Å². The van der Waals surface area contributed by atoms with Gasteiger partial charge in [0.05, 0.1) is 5.02 Å². The van der Waals surface area contributed by atoms with Crippen molar-refractivity contribution in [2.75, 3.05) is 12.4 Å². The fourth-order valence-electron chi connectivity index (χ4n) is 1.69. The molecule has 0 fully saturated rings. The second-order valence-corrected chi connectivity index (χ2v) is 5.29. The van der Waals surface area contributed by atoms with Gasteiger partial charge in [-0.05, 0) is 36.2 Å². The van der Waals surface area contributed by atoms with Gasteiger partial charge in [-0.3, -0.25) is 0 Å². The summed E-state index contributed by atoms with van der Waals surface area (Å²) in [6, 6.07) is 7.02. The van der Waals surface area contributed by atoms with Crippen molar-refractivity contribution in [3.63, 3.8) is 0 Å². The summed E-state index contributed by atoms with van der Waals surface area (Å²) in [6.07, 6.45) is 0.819. The zero-order chi connectivity index (χ0) is 14.7. The summed E-state index contributed by atoms with van der Waals surface area (Å²) in [5.41, 5.74) is 1.00. The van der Waals surface area contributed by atoms with Crippen molar-refractivity contribution in [3.05, 3.63) is 44.9 Å². The lowest BCUT2D eigenvalue weighted by Gasteiger charge is -2.11. The third-order valence-corrected chi connectivity index (χ3v) is 3.67. The topological polar surface area (TPSA) is 34.1 Å². The molecule has 0 aliphatic heterocycles. The molecule has 0 atom stereocenters. The molecule has 0 unspecified atom stereocenters. The number of nitrogens with one attached hydrogen (secondary N) is 1. The van der Waals surface area contributed by atoms with Crippen LogP contribution >= 0.6 is 34.8 Å². The molecule has 2 rings (SSSR count). The van der Waals surface area contributed by atoms with Crippen LogP contribution in [0, 0.1) is 0 Å². The number of nitrogens with zero attached hydrogens (tertiary/aromatic N) is 1.